The van der Waals surface area contributed by atoms with Crippen LogP contribution in [-0.4, -0.2) is 14.5 Å². The Hall–Kier alpha value is -3.89. The third-order valence-corrected chi connectivity index (χ3v) is 5.42. The molecule has 0 bridgehead atoms. The van der Waals surface area contributed by atoms with Crippen molar-refractivity contribution in [2.45, 2.75) is 19.9 Å². The number of halogens is 1. The number of nitriles is 1. The van der Waals surface area contributed by atoms with E-state index in [1.807, 2.05) is 56.3 Å². The highest BCUT2D eigenvalue weighted by molar-refractivity contribution is 6.35. The summed E-state index contributed by atoms with van der Waals surface area (Å²) in [4.78, 5) is 21.6. The molecule has 0 aliphatic rings. The average Bonchev–Trinajstić information content (AvgIpc) is 2.74. The van der Waals surface area contributed by atoms with Gasteiger partial charge >= 0.3 is 0 Å². The topological polar surface area (TPSA) is 110 Å². The van der Waals surface area contributed by atoms with E-state index in [0.717, 1.165) is 16.6 Å². The van der Waals surface area contributed by atoms with Crippen molar-refractivity contribution in [2.24, 2.45) is 0 Å². The van der Waals surface area contributed by atoms with Crippen LogP contribution >= 0.6 is 11.6 Å². The number of rotatable bonds is 4. The van der Waals surface area contributed by atoms with Crippen molar-refractivity contribution in [3.8, 4) is 11.8 Å². The standard InChI is InChI=1S/C23H19ClN6O/c1-13-6-3-4-9-18(13)30-19(10-15-7-5-8-17(24)20(15)22(30)31)14(2)28-21-16(11-25)12-27-23(26)29-21/h3-10,12,14H,1-2H3,(H3,26,27,28,29)/t14-/m0/s1. The Morgan fingerprint density at radius 2 is 2.00 bits per heavy atom. The minimum Gasteiger partial charge on any atom is -0.368 e. The van der Waals surface area contributed by atoms with Gasteiger partial charge in [0, 0.05) is 5.69 Å². The van der Waals surface area contributed by atoms with Gasteiger partial charge in [-0.3, -0.25) is 9.36 Å². The van der Waals surface area contributed by atoms with Crippen LogP contribution in [0.4, 0.5) is 11.8 Å². The molecule has 7 nitrogen and oxygen atoms in total. The first-order valence-electron chi connectivity index (χ1n) is 9.60. The fraction of sp³-hybridized carbons (Fsp3) is 0.130. The zero-order valence-electron chi connectivity index (χ0n) is 16.9. The predicted octanol–water partition coefficient (Wildman–Crippen LogP) is 4.37. The first kappa shape index (κ1) is 20.4. The van der Waals surface area contributed by atoms with Gasteiger partial charge in [-0.15, -0.1) is 0 Å². The maximum Gasteiger partial charge on any atom is 0.264 e. The van der Waals surface area contributed by atoms with E-state index in [1.165, 1.54) is 6.20 Å². The van der Waals surface area contributed by atoms with E-state index in [1.54, 1.807) is 10.6 Å². The molecule has 0 saturated heterocycles. The Morgan fingerprint density at radius 1 is 1.23 bits per heavy atom. The first-order chi connectivity index (χ1) is 14.9. The van der Waals surface area contributed by atoms with Crippen LogP contribution in [0.3, 0.4) is 0 Å². The molecule has 0 fully saturated rings. The number of nitrogens with two attached hydrogens (primary N) is 1. The summed E-state index contributed by atoms with van der Waals surface area (Å²) in [5, 5.41) is 14.2. The molecule has 2 aromatic carbocycles. The first-order valence-corrected chi connectivity index (χ1v) is 9.98. The van der Waals surface area contributed by atoms with Gasteiger partial charge in [-0.25, -0.2) is 4.98 Å². The molecule has 1 atom stereocenters. The normalized spacial score (nSPS) is 11.8. The summed E-state index contributed by atoms with van der Waals surface area (Å²) in [6.07, 6.45) is 1.37. The van der Waals surface area contributed by atoms with Crippen molar-refractivity contribution in [1.82, 2.24) is 14.5 Å². The van der Waals surface area contributed by atoms with Crippen LogP contribution in [0.2, 0.25) is 5.02 Å². The highest BCUT2D eigenvalue weighted by atomic mass is 35.5. The summed E-state index contributed by atoms with van der Waals surface area (Å²) < 4.78 is 1.65. The average molecular weight is 431 g/mol. The van der Waals surface area contributed by atoms with Crippen molar-refractivity contribution < 1.29 is 0 Å². The number of nitrogens with zero attached hydrogens (tertiary/aromatic N) is 4. The molecule has 0 amide bonds. The monoisotopic (exact) mass is 430 g/mol. The van der Waals surface area contributed by atoms with Crippen LogP contribution in [0.1, 0.15) is 29.8 Å². The number of benzene rings is 2. The summed E-state index contributed by atoms with van der Waals surface area (Å²) in [6.45, 7) is 3.83. The van der Waals surface area contributed by atoms with Crippen molar-refractivity contribution in [3.05, 3.63) is 86.9 Å². The van der Waals surface area contributed by atoms with Gasteiger partial charge in [-0.2, -0.15) is 10.2 Å². The van der Waals surface area contributed by atoms with Gasteiger partial charge in [-0.05, 0) is 43.0 Å². The molecule has 3 N–H and O–H groups in total. The number of aryl methyl sites for hydroxylation is 1. The van der Waals surface area contributed by atoms with E-state index in [-0.39, 0.29) is 17.1 Å². The van der Waals surface area contributed by atoms with E-state index in [4.69, 9.17) is 17.3 Å². The van der Waals surface area contributed by atoms with Crippen LogP contribution in [0.25, 0.3) is 16.5 Å². The summed E-state index contributed by atoms with van der Waals surface area (Å²) in [5.41, 5.74) is 8.13. The van der Waals surface area contributed by atoms with E-state index >= 15 is 0 Å². The summed E-state index contributed by atoms with van der Waals surface area (Å²) in [5.74, 6) is 0.354. The van der Waals surface area contributed by atoms with Gasteiger partial charge in [0.05, 0.1) is 28.3 Å². The fourth-order valence-corrected chi connectivity index (χ4v) is 3.85. The molecule has 0 aliphatic carbocycles. The number of para-hydroxylation sites is 1. The van der Waals surface area contributed by atoms with Crippen LogP contribution in [0.15, 0.2) is 59.5 Å². The van der Waals surface area contributed by atoms with Crippen LogP contribution in [0.5, 0.6) is 0 Å². The molecule has 0 aliphatic heterocycles. The molecule has 8 heteroatoms. The third-order valence-electron chi connectivity index (χ3n) is 5.11. The van der Waals surface area contributed by atoms with Gasteiger partial charge in [0.15, 0.2) is 0 Å². The minimum atomic E-state index is -0.392. The number of pyridine rings is 1. The smallest absolute Gasteiger partial charge is 0.264 e. The number of nitrogens with one attached hydrogen (secondary N) is 1. The molecular formula is C23H19ClN6O. The molecule has 4 rings (SSSR count). The Labute approximate surface area is 183 Å². The van der Waals surface area contributed by atoms with Gasteiger partial charge in [0.25, 0.3) is 5.56 Å². The zero-order chi connectivity index (χ0) is 22.1. The van der Waals surface area contributed by atoms with Gasteiger partial charge < -0.3 is 11.1 Å². The maximum atomic E-state index is 13.6. The second-order valence-electron chi connectivity index (χ2n) is 7.17. The molecule has 154 valence electrons. The lowest BCUT2D eigenvalue weighted by molar-refractivity contribution is 0.770. The lowest BCUT2D eigenvalue weighted by atomic mass is 10.1. The van der Waals surface area contributed by atoms with Gasteiger partial charge in [0.2, 0.25) is 5.95 Å². The molecule has 31 heavy (non-hydrogen) atoms. The molecule has 2 heterocycles. The van der Waals surface area contributed by atoms with Crippen molar-refractivity contribution in [3.63, 3.8) is 0 Å². The molecule has 4 aromatic rings. The molecule has 0 unspecified atom stereocenters. The van der Waals surface area contributed by atoms with E-state index < -0.39 is 6.04 Å². The van der Waals surface area contributed by atoms with E-state index in [9.17, 15) is 10.1 Å². The second kappa shape index (κ2) is 8.09. The SMILES string of the molecule is Cc1ccccc1-n1c([C@H](C)Nc2nc(N)ncc2C#N)cc2cccc(Cl)c2c1=O. The second-order valence-corrected chi connectivity index (χ2v) is 7.58. The quantitative estimate of drug-likeness (QED) is 0.497. The Bertz CT molecular complexity index is 1410. The van der Waals surface area contributed by atoms with Crippen molar-refractivity contribution >= 4 is 34.1 Å². The van der Waals surface area contributed by atoms with Crippen LogP contribution in [-0.2, 0) is 0 Å². The molecule has 0 saturated carbocycles. The van der Waals surface area contributed by atoms with Crippen LogP contribution < -0.4 is 16.6 Å². The fourth-order valence-electron chi connectivity index (χ4n) is 3.59. The van der Waals surface area contributed by atoms with Crippen molar-refractivity contribution in [2.75, 3.05) is 11.1 Å². The Balaban J connectivity index is 1.96. The zero-order valence-corrected chi connectivity index (χ0v) is 17.7. The highest BCUT2D eigenvalue weighted by Gasteiger charge is 2.20. The molecular weight excluding hydrogens is 412 g/mol. The number of fused-ring (bicyclic) bond motifs is 1. The lowest BCUT2D eigenvalue weighted by Gasteiger charge is -2.22. The minimum absolute atomic E-state index is 0.0512. The number of nitrogen functional groups attached to an aromatic ring is 1. The van der Waals surface area contributed by atoms with Crippen molar-refractivity contribution in [1.29, 1.82) is 5.26 Å². The van der Waals surface area contributed by atoms with Gasteiger partial charge in [0.1, 0.15) is 17.5 Å². The lowest BCUT2D eigenvalue weighted by Crippen LogP contribution is -2.26. The van der Waals surface area contributed by atoms with E-state index in [0.29, 0.717) is 21.9 Å². The number of aromatic nitrogens is 3. The molecule has 0 radical (unpaired) electrons. The summed E-state index contributed by atoms with van der Waals surface area (Å²) in [6, 6.07) is 16.6. The Morgan fingerprint density at radius 3 is 2.74 bits per heavy atom. The van der Waals surface area contributed by atoms with E-state index in [2.05, 4.69) is 21.4 Å². The third kappa shape index (κ3) is 3.69. The predicted molar refractivity (Wildman–Crippen MR) is 122 cm³/mol. The Kier molecular flexibility index (Phi) is 5.32. The van der Waals surface area contributed by atoms with Crippen LogP contribution in [0, 0.1) is 18.3 Å². The molecule has 2 aromatic heterocycles. The number of hydrogen-bond acceptors (Lipinski definition) is 6. The number of hydrogen-bond donors (Lipinski definition) is 2. The number of anilines is 2. The largest absolute Gasteiger partial charge is 0.368 e. The molecule has 0 spiro atoms. The summed E-state index contributed by atoms with van der Waals surface area (Å²) >= 11 is 6.38. The van der Waals surface area contributed by atoms with Gasteiger partial charge in [-0.1, -0.05) is 41.9 Å². The summed E-state index contributed by atoms with van der Waals surface area (Å²) in [7, 11) is 0. The maximum absolute atomic E-state index is 13.6. The highest BCUT2D eigenvalue weighted by Crippen LogP contribution is 2.28.